The van der Waals surface area contributed by atoms with Crippen LogP contribution < -0.4 is 0 Å². The van der Waals surface area contributed by atoms with Crippen molar-refractivity contribution in [1.82, 2.24) is 14.7 Å². The fourth-order valence-electron chi connectivity index (χ4n) is 4.77. The molecule has 0 unspecified atom stereocenters. The van der Waals surface area contributed by atoms with Gasteiger partial charge in [-0.1, -0.05) is 0 Å². The molecule has 1 saturated carbocycles. The molecule has 2 saturated heterocycles. The number of nitriles is 1. The molecule has 0 bridgehead atoms. The van der Waals surface area contributed by atoms with Gasteiger partial charge >= 0.3 is 6.03 Å². The molecule has 6 nitrogen and oxygen atoms in total. The molecule has 3 aliphatic rings. The standard InChI is InChI=1S/C18H28N4O2/c1-20(2)18(24)21-11-14-8-13(9-15(14)12-21)5-6-17(23)22-7-3-4-16(22)10-19/h13-16H,3-9,11-12H2,1-2H3/t13-,14+,15-,16-/m0/s1. The Balaban J connectivity index is 1.43. The van der Waals surface area contributed by atoms with E-state index in [2.05, 4.69) is 6.07 Å². The van der Waals surface area contributed by atoms with Gasteiger partial charge in [0.15, 0.2) is 0 Å². The highest BCUT2D eigenvalue weighted by Crippen LogP contribution is 2.43. The van der Waals surface area contributed by atoms with Gasteiger partial charge in [-0.3, -0.25) is 4.79 Å². The van der Waals surface area contributed by atoms with E-state index in [1.807, 2.05) is 4.90 Å². The summed E-state index contributed by atoms with van der Waals surface area (Å²) in [4.78, 5) is 29.8. The van der Waals surface area contributed by atoms with Crippen molar-refractivity contribution in [3.05, 3.63) is 0 Å². The van der Waals surface area contributed by atoms with Gasteiger partial charge in [-0.2, -0.15) is 5.26 Å². The van der Waals surface area contributed by atoms with Crippen LogP contribution in [0.5, 0.6) is 0 Å². The zero-order valence-electron chi connectivity index (χ0n) is 14.8. The summed E-state index contributed by atoms with van der Waals surface area (Å²) in [7, 11) is 3.61. The molecule has 2 aliphatic heterocycles. The van der Waals surface area contributed by atoms with E-state index in [1.165, 1.54) is 0 Å². The monoisotopic (exact) mass is 332 g/mol. The van der Waals surface area contributed by atoms with Crippen LogP contribution in [0.1, 0.15) is 38.5 Å². The highest BCUT2D eigenvalue weighted by Gasteiger charge is 2.42. The molecule has 1 aliphatic carbocycles. The molecule has 0 radical (unpaired) electrons. The number of carbonyl (C=O) groups is 2. The Bertz CT molecular complexity index is 528. The molecule has 0 spiro atoms. The van der Waals surface area contributed by atoms with Crippen LogP contribution in [-0.4, -0.2) is 66.4 Å². The molecule has 4 atom stereocenters. The van der Waals surface area contributed by atoms with Crippen molar-refractivity contribution in [2.75, 3.05) is 33.7 Å². The summed E-state index contributed by atoms with van der Waals surface area (Å²) in [6, 6.07) is 2.16. The lowest BCUT2D eigenvalue weighted by atomic mass is 9.99. The molecule has 24 heavy (non-hydrogen) atoms. The smallest absolute Gasteiger partial charge is 0.319 e. The first-order valence-corrected chi connectivity index (χ1v) is 9.15. The van der Waals surface area contributed by atoms with E-state index in [-0.39, 0.29) is 18.0 Å². The lowest BCUT2D eigenvalue weighted by Crippen LogP contribution is -2.38. The third kappa shape index (κ3) is 3.35. The summed E-state index contributed by atoms with van der Waals surface area (Å²) in [5, 5.41) is 9.10. The van der Waals surface area contributed by atoms with Crippen molar-refractivity contribution in [2.45, 2.75) is 44.6 Å². The zero-order valence-corrected chi connectivity index (χ0v) is 14.8. The molecule has 0 aromatic heterocycles. The van der Waals surface area contributed by atoms with E-state index < -0.39 is 0 Å². The van der Waals surface area contributed by atoms with Crippen molar-refractivity contribution >= 4 is 11.9 Å². The Kier molecular flexibility index (Phi) is 4.98. The van der Waals surface area contributed by atoms with E-state index in [4.69, 9.17) is 5.26 Å². The molecular weight excluding hydrogens is 304 g/mol. The summed E-state index contributed by atoms with van der Waals surface area (Å²) in [5.41, 5.74) is 0. The highest BCUT2D eigenvalue weighted by atomic mass is 16.2. The van der Waals surface area contributed by atoms with Crippen LogP contribution in [0.3, 0.4) is 0 Å². The molecule has 3 amide bonds. The van der Waals surface area contributed by atoms with Crippen LogP contribution in [0.25, 0.3) is 0 Å². The Labute approximate surface area is 144 Å². The molecule has 0 N–H and O–H groups in total. The van der Waals surface area contributed by atoms with Gasteiger partial charge in [0.2, 0.25) is 5.91 Å². The number of urea groups is 1. The lowest BCUT2D eigenvalue weighted by molar-refractivity contribution is -0.131. The maximum Gasteiger partial charge on any atom is 0.319 e. The van der Waals surface area contributed by atoms with Crippen LogP contribution >= 0.6 is 0 Å². The van der Waals surface area contributed by atoms with Crippen LogP contribution in [0.15, 0.2) is 0 Å². The van der Waals surface area contributed by atoms with Crippen molar-refractivity contribution in [3.63, 3.8) is 0 Å². The first kappa shape index (κ1) is 17.1. The van der Waals surface area contributed by atoms with E-state index in [0.29, 0.717) is 24.2 Å². The Morgan fingerprint density at radius 2 is 1.88 bits per heavy atom. The summed E-state index contributed by atoms with van der Waals surface area (Å²) in [6.45, 7) is 2.48. The average Bonchev–Trinajstić information content (AvgIpc) is 3.25. The topological polar surface area (TPSA) is 67.7 Å². The van der Waals surface area contributed by atoms with Gasteiger partial charge in [-0.25, -0.2) is 4.79 Å². The molecule has 2 heterocycles. The van der Waals surface area contributed by atoms with Crippen molar-refractivity contribution in [2.24, 2.45) is 17.8 Å². The van der Waals surface area contributed by atoms with E-state index in [1.54, 1.807) is 23.9 Å². The summed E-state index contributed by atoms with van der Waals surface area (Å²) >= 11 is 0. The minimum Gasteiger partial charge on any atom is -0.331 e. The van der Waals surface area contributed by atoms with Gasteiger partial charge in [0.25, 0.3) is 0 Å². The summed E-state index contributed by atoms with van der Waals surface area (Å²) in [5.74, 6) is 1.96. The normalized spacial score (nSPS) is 31.9. The molecular formula is C18H28N4O2. The van der Waals surface area contributed by atoms with Gasteiger partial charge in [0, 0.05) is 40.2 Å². The van der Waals surface area contributed by atoms with Crippen LogP contribution in [0.4, 0.5) is 4.79 Å². The van der Waals surface area contributed by atoms with Gasteiger partial charge in [-0.05, 0) is 49.9 Å². The SMILES string of the molecule is CN(C)C(=O)N1C[C@H]2C[C@H](CCC(=O)N3CCC[C@H]3C#N)C[C@H]2C1. The summed E-state index contributed by atoms with van der Waals surface area (Å²) < 4.78 is 0. The van der Waals surface area contributed by atoms with Crippen LogP contribution in [0.2, 0.25) is 0 Å². The number of nitrogens with zero attached hydrogens (tertiary/aromatic N) is 4. The van der Waals surface area contributed by atoms with E-state index in [9.17, 15) is 9.59 Å². The fraction of sp³-hybridized carbons (Fsp3) is 0.833. The Morgan fingerprint density at radius 1 is 1.21 bits per heavy atom. The summed E-state index contributed by atoms with van der Waals surface area (Å²) in [6.07, 6.45) is 5.55. The number of carbonyl (C=O) groups excluding carboxylic acids is 2. The third-order valence-corrected chi connectivity index (χ3v) is 5.99. The molecule has 3 rings (SSSR count). The predicted molar refractivity (Wildman–Crippen MR) is 89.9 cm³/mol. The number of rotatable bonds is 3. The average molecular weight is 332 g/mol. The number of hydrogen-bond acceptors (Lipinski definition) is 3. The second-order valence-corrected chi connectivity index (χ2v) is 7.85. The van der Waals surface area contributed by atoms with Crippen molar-refractivity contribution in [1.29, 1.82) is 5.26 Å². The highest BCUT2D eigenvalue weighted by molar-refractivity contribution is 5.77. The minimum absolute atomic E-state index is 0.118. The Hall–Kier alpha value is -1.77. The van der Waals surface area contributed by atoms with Crippen molar-refractivity contribution < 1.29 is 9.59 Å². The number of hydrogen-bond donors (Lipinski definition) is 0. The Morgan fingerprint density at radius 3 is 2.46 bits per heavy atom. The van der Waals surface area contributed by atoms with Crippen LogP contribution in [0, 0.1) is 29.1 Å². The molecule has 6 heteroatoms. The van der Waals surface area contributed by atoms with Crippen LogP contribution in [-0.2, 0) is 4.79 Å². The third-order valence-electron chi connectivity index (χ3n) is 5.99. The second kappa shape index (κ2) is 7.00. The first-order valence-electron chi connectivity index (χ1n) is 9.15. The zero-order chi connectivity index (χ0) is 17.3. The lowest BCUT2D eigenvalue weighted by Gasteiger charge is -2.23. The molecule has 0 aromatic rings. The minimum atomic E-state index is -0.203. The van der Waals surface area contributed by atoms with Gasteiger partial charge in [0.1, 0.15) is 6.04 Å². The quantitative estimate of drug-likeness (QED) is 0.793. The number of likely N-dealkylation sites (tertiary alicyclic amines) is 2. The number of fused-ring (bicyclic) bond motifs is 1. The molecule has 132 valence electrons. The van der Waals surface area contributed by atoms with Gasteiger partial charge in [0.05, 0.1) is 6.07 Å². The van der Waals surface area contributed by atoms with E-state index in [0.717, 1.165) is 51.7 Å². The van der Waals surface area contributed by atoms with E-state index >= 15 is 0 Å². The van der Waals surface area contributed by atoms with Gasteiger partial charge in [-0.15, -0.1) is 0 Å². The number of amides is 3. The predicted octanol–water partition coefficient (Wildman–Crippen LogP) is 1.92. The van der Waals surface area contributed by atoms with Gasteiger partial charge < -0.3 is 14.7 Å². The fourth-order valence-corrected chi connectivity index (χ4v) is 4.77. The maximum absolute atomic E-state index is 12.4. The largest absolute Gasteiger partial charge is 0.331 e. The molecule has 3 fully saturated rings. The first-order chi connectivity index (χ1) is 11.5. The second-order valence-electron chi connectivity index (χ2n) is 7.85. The van der Waals surface area contributed by atoms with Crippen molar-refractivity contribution in [3.8, 4) is 6.07 Å². The molecule has 0 aromatic carbocycles. The maximum atomic E-state index is 12.4.